The van der Waals surface area contributed by atoms with Crippen molar-refractivity contribution in [2.45, 2.75) is 13.5 Å². The molecule has 0 saturated carbocycles. The molecule has 0 amide bonds. The molecule has 0 aromatic carbocycles. The smallest absolute Gasteiger partial charge is 0.224 e. The Morgan fingerprint density at radius 2 is 2.40 bits per heavy atom. The Labute approximate surface area is 97.2 Å². The highest BCUT2D eigenvalue weighted by Crippen LogP contribution is 2.14. The zero-order valence-electron chi connectivity index (χ0n) is 8.20. The van der Waals surface area contributed by atoms with Crippen molar-refractivity contribution in [3.8, 4) is 0 Å². The molecule has 0 aliphatic rings. The first-order valence-corrected chi connectivity index (χ1v) is 5.76. The molecule has 0 bridgehead atoms. The summed E-state index contributed by atoms with van der Waals surface area (Å²) >= 11 is 7.41. The monoisotopic (exact) mass is 239 g/mol. The van der Waals surface area contributed by atoms with Gasteiger partial charge in [-0.15, -0.1) is 11.3 Å². The molecule has 2 rings (SSSR count). The maximum absolute atomic E-state index is 5.67. The van der Waals surface area contributed by atoms with Gasteiger partial charge in [-0.1, -0.05) is 0 Å². The van der Waals surface area contributed by atoms with Crippen molar-refractivity contribution in [1.82, 2.24) is 9.97 Å². The van der Waals surface area contributed by atoms with Crippen LogP contribution in [0.4, 0.5) is 5.82 Å². The van der Waals surface area contributed by atoms with Gasteiger partial charge in [0.2, 0.25) is 5.28 Å². The first-order valence-electron chi connectivity index (χ1n) is 4.50. The van der Waals surface area contributed by atoms with Crippen molar-refractivity contribution in [1.29, 1.82) is 0 Å². The zero-order valence-corrected chi connectivity index (χ0v) is 9.77. The predicted octanol–water partition coefficient (Wildman–Crippen LogP) is 3.11. The van der Waals surface area contributed by atoms with Gasteiger partial charge < -0.3 is 5.32 Å². The lowest BCUT2D eigenvalue weighted by Crippen LogP contribution is -2.00. The number of hydrogen-bond acceptors (Lipinski definition) is 4. The number of halogens is 1. The van der Waals surface area contributed by atoms with Crippen LogP contribution in [-0.2, 0) is 6.54 Å². The lowest BCUT2D eigenvalue weighted by Gasteiger charge is -2.02. The lowest BCUT2D eigenvalue weighted by atomic mass is 10.3. The molecule has 0 radical (unpaired) electrons. The summed E-state index contributed by atoms with van der Waals surface area (Å²) in [5, 5.41) is 5.58. The average Bonchev–Trinajstić information content (AvgIpc) is 2.62. The van der Waals surface area contributed by atoms with Crippen LogP contribution in [0.15, 0.2) is 23.7 Å². The van der Waals surface area contributed by atoms with E-state index in [1.807, 2.05) is 0 Å². The van der Waals surface area contributed by atoms with Crippen molar-refractivity contribution in [3.05, 3.63) is 39.4 Å². The molecular weight excluding hydrogens is 230 g/mol. The summed E-state index contributed by atoms with van der Waals surface area (Å²) in [5.74, 6) is 0.749. The van der Waals surface area contributed by atoms with Gasteiger partial charge in [-0.25, -0.2) is 9.97 Å². The standard InChI is InChI=1S/C10H10ClN3S/c1-7-4-8(6-15-7)5-13-9-2-3-12-10(11)14-9/h2-4,6H,5H2,1H3,(H,12,13,14). The Bertz CT molecular complexity index is 455. The van der Waals surface area contributed by atoms with Gasteiger partial charge in [0, 0.05) is 17.6 Å². The average molecular weight is 240 g/mol. The van der Waals surface area contributed by atoms with E-state index >= 15 is 0 Å². The van der Waals surface area contributed by atoms with Gasteiger partial charge in [-0.3, -0.25) is 0 Å². The minimum atomic E-state index is 0.265. The van der Waals surface area contributed by atoms with E-state index in [0.717, 1.165) is 12.4 Å². The fourth-order valence-corrected chi connectivity index (χ4v) is 2.07. The van der Waals surface area contributed by atoms with Crippen LogP contribution in [0, 0.1) is 6.92 Å². The number of hydrogen-bond donors (Lipinski definition) is 1. The van der Waals surface area contributed by atoms with Crippen LogP contribution in [0.25, 0.3) is 0 Å². The third-order valence-corrected chi connectivity index (χ3v) is 2.98. The number of rotatable bonds is 3. The molecule has 2 aromatic rings. The minimum absolute atomic E-state index is 0.265. The Kier molecular flexibility index (Phi) is 3.18. The van der Waals surface area contributed by atoms with E-state index in [9.17, 15) is 0 Å². The van der Waals surface area contributed by atoms with E-state index in [1.165, 1.54) is 10.4 Å². The zero-order chi connectivity index (χ0) is 10.7. The first-order chi connectivity index (χ1) is 7.24. The molecule has 0 fully saturated rings. The van der Waals surface area contributed by atoms with Crippen LogP contribution in [-0.4, -0.2) is 9.97 Å². The second-order valence-electron chi connectivity index (χ2n) is 3.13. The molecule has 1 N–H and O–H groups in total. The number of aryl methyl sites for hydroxylation is 1. The summed E-state index contributed by atoms with van der Waals surface area (Å²) in [4.78, 5) is 9.17. The molecule has 0 unspecified atom stereocenters. The summed E-state index contributed by atoms with van der Waals surface area (Å²) in [7, 11) is 0. The minimum Gasteiger partial charge on any atom is -0.366 e. The SMILES string of the molecule is Cc1cc(CNc2ccnc(Cl)n2)cs1. The van der Waals surface area contributed by atoms with Crippen molar-refractivity contribution >= 4 is 28.8 Å². The molecule has 5 heteroatoms. The number of anilines is 1. The Balaban J connectivity index is 1.99. The highest BCUT2D eigenvalue weighted by molar-refractivity contribution is 7.10. The second-order valence-corrected chi connectivity index (χ2v) is 4.58. The lowest BCUT2D eigenvalue weighted by molar-refractivity contribution is 1.09. The topological polar surface area (TPSA) is 37.8 Å². The van der Waals surface area contributed by atoms with Crippen molar-refractivity contribution in [2.24, 2.45) is 0 Å². The van der Waals surface area contributed by atoms with E-state index in [0.29, 0.717) is 0 Å². The largest absolute Gasteiger partial charge is 0.366 e. The molecule has 15 heavy (non-hydrogen) atoms. The number of nitrogens with zero attached hydrogens (tertiary/aromatic N) is 2. The number of aromatic nitrogens is 2. The summed E-state index contributed by atoms with van der Waals surface area (Å²) < 4.78 is 0. The Morgan fingerprint density at radius 1 is 1.53 bits per heavy atom. The quantitative estimate of drug-likeness (QED) is 0.837. The predicted molar refractivity (Wildman–Crippen MR) is 63.4 cm³/mol. The molecular formula is C10H10ClN3S. The van der Waals surface area contributed by atoms with Gasteiger partial charge in [-0.05, 0) is 41.6 Å². The third-order valence-electron chi connectivity index (χ3n) is 1.88. The van der Waals surface area contributed by atoms with E-state index in [1.54, 1.807) is 23.6 Å². The fourth-order valence-electron chi connectivity index (χ4n) is 1.22. The van der Waals surface area contributed by atoms with Crippen LogP contribution in [0.3, 0.4) is 0 Å². The first kappa shape index (κ1) is 10.4. The molecule has 0 atom stereocenters. The molecule has 78 valence electrons. The highest BCUT2D eigenvalue weighted by Gasteiger charge is 1.98. The van der Waals surface area contributed by atoms with E-state index < -0.39 is 0 Å². The molecule has 0 aliphatic heterocycles. The van der Waals surface area contributed by atoms with Crippen LogP contribution in [0.1, 0.15) is 10.4 Å². The maximum Gasteiger partial charge on any atom is 0.224 e. The van der Waals surface area contributed by atoms with Crippen molar-refractivity contribution in [3.63, 3.8) is 0 Å². The summed E-state index contributed by atoms with van der Waals surface area (Å²) in [6.45, 7) is 2.85. The fraction of sp³-hybridized carbons (Fsp3) is 0.200. The maximum atomic E-state index is 5.67. The normalized spacial score (nSPS) is 10.3. The van der Waals surface area contributed by atoms with Gasteiger partial charge in [0.15, 0.2) is 0 Å². The number of nitrogens with one attached hydrogen (secondary N) is 1. The van der Waals surface area contributed by atoms with Crippen LogP contribution in [0.5, 0.6) is 0 Å². The van der Waals surface area contributed by atoms with Gasteiger partial charge in [0.05, 0.1) is 0 Å². The van der Waals surface area contributed by atoms with E-state index in [4.69, 9.17) is 11.6 Å². The van der Waals surface area contributed by atoms with E-state index in [2.05, 4.69) is 33.7 Å². The number of thiophene rings is 1. The van der Waals surface area contributed by atoms with Crippen molar-refractivity contribution in [2.75, 3.05) is 5.32 Å². The van der Waals surface area contributed by atoms with Gasteiger partial charge in [0.1, 0.15) is 5.82 Å². The summed E-state index contributed by atoms with van der Waals surface area (Å²) in [6, 6.07) is 3.95. The van der Waals surface area contributed by atoms with Gasteiger partial charge >= 0.3 is 0 Å². The van der Waals surface area contributed by atoms with Crippen LogP contribution in [0.2, 0.25) is 5.28 Å². The molecule has 2 aromatic heterocycles. The van der Waals surface area contributed by atoms with Gasteiger partial charge in [0.25, 0.3) is 0 Å². The Hall–Kier alpha value is -1.13. The second kappa shape index (κ2) is 4.59. The van der Waals surface area contributed by atoms with Crippen molar-refractivity contribution < 1.29 is 0 Å². The van der Waals surface area contributed by atoms with Crippen LogP contribution >= 0.6 is 22.9 Å². The third kappa shape index (κ3) is 2.91. The molecule has 0 saturated heterocycles. The van der Waals surface area contributed by atoms with Crippen LogP contribution < -0.4 is 5.32 Å². The Morgan fingerprint density at radius 3 is 3.07 bits per heavy atom. The molecule has 2 heterocycles. The highest BCUT2D eigenvalue weighted by atomic mass is 35.5. The molecule has 3 nitrogen and oxygen atoms in total. The summed E-state index contributed by atoms with van der Waals surface area (Å²) in [6.07, 6.45) is 1.64. The molecule has 0 aliphatic carbocycles. The molecule has 0 spiro atoms. The van der Waals surface area contributed by atoms with E-state index in [-0.39, 0.29) is 5.28 Å². The summed E-state index contributed by atoms with van der Waals surface area (Å²) in [5.41, 5.74) is 1.26. The van der Waals surface area contributed by atoms with Gasteiger partial charge in [-0.2, -0.15) is 0 Å².